The van der Waals surface area contributed by atoms with E-state index in [9.17, 15) is 9.59 Å². The Kier molecular flexibility index (Phi) is 9.27. The van der Waals surface area contributed by atoms with E-state index in [-0.39, 0.29) is 18.5 Å². The number of unbranched alkanes of at least 4 members (excludes halogenated alkanes) is 1. The van der Waals surface area contributed by atoms with Gasteiger partial charge in [0.15, 0.2) is 0 Å². The van der Waals surface area contributed by atoms with Gasteiger partial charge in [-0.2, -0.15) is 12.6 Å². The summed E-state index contributed by atoms with van der Waals surface area (Å²) in [6.45, 7) is 0.863. The minimum absolute atomic E-state index is 0.124. The molecule has 94 valence electrons. The van der Waals surface area contributed by atoms with Gasteiger partial charge in [-0.05, 0) is 26.4 Å². The average molecular weight is 247 g/mol. The van der Waals surface area contributed by atoms with Crippen molar-refractivity contribution in [3.05, 3.63) is 0 Å². The number of hydrogen-bond acceptors (Lipinski definition) is 5. The molecule has 0 spiro atoms. The summed E-state index contributed by atoms with van der Waals surface area (Å²) in [5.41, 5.74) is 5.39. The van der Waals surface area contributed by atoms with Gasteiger partial charge >= 0.3 is 0 Å². The van der Waals surface area contributed by atoms with Crippen LogP contribution in [0.3, 0.4) is 0 Å². The number of rotatable bonds is 9. The van der Waals surface area contributed by atoms with Crippen LogP contribution in [0.1, 0.15) is 19.3 Å². The number of hydrogen-bond donors (Lipinski definition) is 4. The van der Waals surface area contributed by atoms with Gasteiger partial charge in [-0.15, -0.1) is 0 Å². The Labute approximate surface area is 102 Å². The van der Waals surface area contributed by atoms with Crippen molar-refractivity contribution in [2.24, 2.45) is 5.73 Å². The van der Waals surface area contributed by atoms with Crippen LogP contribution in [0.25, 0.3) is 0 Å². The molecule has 4 N–H and O–H groups in total. The number of carbonyl (C=O) groups excluding carboxylic acids is 2. The van der Waals surface area contributed by atoms with Crippen molar-refractivity contribution in [3.63, 3.8) is 0 Å². The summed E-state index contributed by atoms with van der Waals surface area (Å²) < 4.78 is 0. The maximum Gasteiger partial charge on any atom is 0.234 e. The highest BCUT2D eigenvalue weighted by Crippen LogP contribution is 2.08. The van der Waals surface area contributed by atoms with Crippen LogP contribution in [0.2, 0.25) is 0 Å². The van der Waals surface area contributed by atoms with E-state index < -0.39 is 5.25 Å². The molecule has 0 aliphatic heterocycles. The van der Waals surface area contributed by atoms with Crippen LogP contribution in [-0.4, -0.2) is 43.6 Å². The molecule has 2 unspecified atom stereocenters. The lowest BCUT2D eigenvalue weighted by atomic mass is 10.1. The topological polar surface area (TPSA) is 84.2 Å². The first kappa shape index (κ1) is 15.4. The lowest BCUT2D eigenvalue weighted by Gasteiger charge is -2.20. The SMILES string of the molecule is CNCC(=O)NC(CCCCN)C(S)C=O. The van der Waals surface area contributed by atoms with E-state index in [1.807, 2.05) is 0 Å². The lowest BCUT2D eigenvalue weighted by molar-refractivity contribution is -0.121. The number of likely N-dealkylation sites (N-methyl/N-ethyl adjacent to an activating group) is 1. The molecule has 1 amide bonds. The van der Waals surface area contributed by atoms with E-state index in [1.165, 1.54) is 0 Å². The largest absolute Gasteiger partial charge is 0.351 e. The van der Waals surface area contributed by atoms with Crippen molar-refractivity contribution in [1.82, 2.24) is 10.6 Å². The second-order valence-corrected chi connectivity index (χ2v) is 4.21. The summed E-state index contributed by atoms with van der Waals surface area (Å²) in [4.78, 5) is 22.0. The number of aldehydes is 1. The Hall–Kier alpha value is -0.590. The zero-order valence-electron chi connectivity index (χ0n) is 9.61. The minimum atomic E-state index is -0.460. The van der Waals surface area contributed by atoms with Gasteiger partial charge in [0.1, 0.15) is 6.29 Å². The van der Waals surface area contributed by atoms with E-state index in [0.29, 0.717) is 6.54 Å². The quantitative estimate of drug-likeness (QED) is 0.247. The van der Waals surface area contributed by atoms with Crippen molar-refractivity contribution in [1.29, 1.82) is 0 Å². The molecule has 0 bridgehead atoms. The Bertz CT molecular complexity index is 214. The molecule has 0 radical (unpaired) electrons. The summed E-state index contributed by atoms with van der Waals surface area (Å²) >= 11 is 4.14. The Morgan fingerprint density at radius 2 is 2.19 bits per heavy atom. The zero-order valence-corrected chi connectivity index (χ0v) is 10.5. The van der Waals surface area contributed by atoms with Crippen LogP contribution in [0, 0.1) is 0 Å². The maximum atomic E-state index is 11.4. The maximum absolute atomic E-state index is 11.4. The normalized spacial score (nSPS) is 14.2. The summed E-state index contributed by atoms with van der Waals surface area (Å²) in [7, 11) is 1.70. The minimum Gasteiger partial charge on any atom is -0.351 e. The third-order valence-electron chi connectivity index (χ3n) is 2.20. The Balaban J connectivity index is 4.09. The predicted molar refractivity (Wildman–Crippen MR) is 67.6 cm³/mol. The fourth-order valence-corrected chi connectivity index (χ4v) is 1.57. The van der Waals surface area contributed by atoms with Gasteiger partial charge in [0.2, 0.25) is 5.91 Å². The average Bonchev–Trinajstić information content (AvgIpc) is 2.27. The van der Waals surface area contributed by atoms with Gasteiger partial charge in [-0.25, -0.2) is 0 Å². The molecule has 0 aliphatic rings. The molecule has 0 rings (SSSR count). The molecule has 0 aromatic heterocycles. The van der Waals surface area contributed by atoms with Gasteiger partial charge in [0, 0.05) is 6.04 Å². The Morgan fingerprint density at radius 1 is 1.50 bits per heavy atom. The smallest absolute Gasteiger partial charge is 0.234 e. The summed E-state index contributed by atoms with van der Waals surface area (Å²) in [6.07, 6.45) is 3.24. The molecule has 5 nitrogen and oxygen atoms in total. The van der Waals surface area contributed by atoms with Gasteiger partial charge in [0.25, 0.3) is 0 Å². The van der Waals surface area contributed by atoms with Gasteiger partial charge in [0.05, 0.1) is 11.8 Å². The number of carbonyl (C=O) groups is 2. The predicted octanol–water partition coefficient (Wildman–Crippen LogP) is -0.683. The van der Waals surface area contributed by atoms with E-state index in [0.717, 1.165) is 25.5 Å². The van der Waals surface area contributed by atoms with Crippen LogP contribution in [0.5, 0.6) is 0 Å². The molecular weight excluding hydrogens is 226 g/mol. The third kappa shape index (κ3) is 6.81. The summed E-state index contributed by atoms with van der Waals surface area (Å²) in [5, 5.41) is 5.07. The highest BCUT2D eigenvalue weighted by Gasteiger charge is 2.18. The van der Waals surface area contributed by atoms with Crippen molar-refractivity contribution >= 4 is 24.8 Å². The second kappa shape index (κ2) is 9.62. The number of nitrogens with two attached hydrogens (primary N) is 1. The molecule has 16 heavy (non-hydrogen) atoms. The molecule has 0 fully saturated rings. The van der Waals surface area contributed by atoms with Crippen molar-refractivity contribution < 1.29 is 9.59 Å². The first-order valence-electron chi connectivity index (χ1n) is 5.43. The third-order valence-corrected chi connectivity index (χ3v) is 2.69. The monoisotopic (exact) mass is 247 g/mol. The van der Waals surface area contributed by atoms with E-state index in [2.05, 4.69) is 23.3 Å². The lowest BCUT2D eigenvalue weighted by Crippen LogP contribution is -2.44. The highest BCUT2D eigenvalue weighted by molar-refractivity contribution is 7.81. The van der Waals surface area contributed by atoms with Crippen LogP contribution in [0.15, 0.2) is 0 Å². The highest BCUT2D eigenvalue weighted by atomic mass is 32.1. The van der Waals surface area contributed by atoms with Crippen molar-refractivity contribution in [2.45, 2.75) is 30.6 Å². The van der Waals surface area contributed by atoms with Crippen LogP contribution >= 0.6 is 12.6 Å². The van der Waals surface area contributed by atoms with E-state index in [4.69, 9.17) is 5.73 Å². The standard InChI is InChI=1S/C10H21N3O2S/c1-12-6-10(15)13-8(9(16)7-14)4-2-3-5-11/h7-9,12,16H,2-6,11H2,1H3,(H,13,15). The molecule has 0 aliphatic carbocycles. The molecule has 0 saturated heterocycles. The first-order chi connectivity index (χ1) is 7.65. The van der Waals surface area contributed by atoms with Crippen molar-refractivity contribution in [3.8, 4) is 0 Å². The van der Waals surface area contributed by atoms with Gasteiger partial charge < -0.3 is 21.2 Å². The molecular formula is C10H21N3O2S. The van der Waals surface area contributed by atoms with E-state index in [1.54, 1.807) is 7.05 Å². The molecule has 0 saturated carbocycles. The van der Waals surface area contributed by atoms with Gasteiger partial charge in [-0.1, -0.05) is 6.42 Å². The summed E-state index contributed by atoms with van der Waals surface area (Å²) in [6, 6.07) is -0.215. The zero-order chi connectivity index (χ0) is 12.4. The number of thiol groups is 1. The molecule has 0 heterocycles. The van der Waals surface area contributed by atoms with Crippen LogP contribution < -0.4 is 16.4 Å². The fraction of sp³-hybridized carbons (Fsp3) is 0.800. The van der Waals surface area contributed by atoms with Crippen molar-refractivity contribution in [2.75, 3.05) is 20.1 Å². The van der Waals surface area contributed by atoms with Gasteiger partial charge in [-0.3, -0.25) is 4.79 Å². The van der Waals surface area contributed by atoms with Crippen LogP contribution in [-0.2, 0) is 9.59 Å². The number of amides is 1. The van der Waals surface area contributed by atoms with Crippen LogP contribution in [0.4, 0.5) is 0 Å². The molecule has 0 aromatic rings. The fourth-order valence-electron chi connectivity index (χ4n) is 1.35. The second-order valence-electron chi connectivity index (χ2n) is 3.62. The first-order valence-corrected chi connectivity index (χ1v) is 5.94. The number of nitrogens with one attached hydrogen (secondary N) is 2. The summed E-state index contributed by atoms with van der Waals surface area (Å²) in [5.74, 6) is -0.124. The Morgan fingerprint density at radius 3 is 2.69 bits per heavy atom. The molecule has 2 atom stereocenters. The van der Waals surface area contributed by atoms with E-state index >= 15 is 0 Å². The molecule has 0 aromatic carbocycles. The molecule has 6 heteroatoms.